The molecule has 1 amide bonds. The summed E-state index contributed by atoms with van der Waals surface area (Å²) in [5.41, 5.74) is 5.34. The molecule has 0 saturated heterocycles. The summed E-state index contributed by atoms with van der Waals surface area (Å²) in [5.74, 6) is 0.430. The number of benzene rings is 2. The number of nitrogens with zero attached hydrogens (tertiary/aromatic N) is 5. The Kier molecular flexibility index (Phi) is 7.30. The number of aromatic nitrogens is 5. The number of aromatic amines is 1. The molecule has 2 aromatic carbocycles. The lowest BCUT2D eigenvalue weighted by Gasteiger charge is -2.25. The number of pyridine rings is 1. The molecule has 4 aromatic rings. The SMILES string of the molecule is CCOC(=O)Cc1cncc(-c2ccc(-c3nn[nH]n3)cc2CN(Cc2ccccc2)C(=O)C2CC2)c1. The molecule has 2 heterocycles. The first-order valence-corrected chi connectivity index (χ1v) is 12.4. The van der Waals surface area contributed by atoms with E-state index in [0.29, 0.717) is 25.5 Å². The molecule has 0 spiro atoms. The van der Waals surface area contributed by atoms with Crippen LogP contribution in [0.2, 0.25) is 0 Å². The first-order chi connectivity index (χ1) is 18.1. The summed E-state index contributed by atoms with van der Waals surface area (Å²) in [6, 6.07) is 17.9. The predicted molar refractivity (Wildman–Crippen MR) is 137 cm³/mol. The number of tetrazole rings is 1. The molecule has 37 heavy (non-hydrogen) atoms. The molecule has 0 atom stereocenters. The van der Waals surface area contributed by atoms with Gasteiger partial charge in [-0.15, -0.1) is 10.2 Å². The molecule has 5 rings (SSSR count). The van der Waals surface area contributed by atoms with E-state index in [9.17, 15) is 9.59 Å². The molecule has 1 fully saturated rings. The highest BCUT2D eigenvalue weighted by Gasteiger charge is 2.33. The Bertz CT molecular complexity index is 1370. The Morgan fingerprint density at radius 3 is 2.57 bits per heavy atom. The largest absolute Gasteiger partial charge is 0.466 e. The van der Waals surface area contributed by atoms with E-state index >= 15 is 0 Å². The summed E-state index contributed by atoms with van der Waals surface area (Å²) in [6.45, 7) is 3.05. The van der Waals surface area contributed by atoms with E-state index in [2.05, 4.69) is 25.6 Å². The lowest BCUT2D eigenvalue weighted by atomic mass is 9.96. The van der Waals surface area contributed by atoms with Crippen LogP contribution in [0.3, 0.4) is 0 Å². The lowest BCUT2D eigenvalue weighted by Crippen LogP contribution is -2.31. The van der Waals surface area contributed by atoms with Crippen molar-refractivity contribution >= 4 is 11.9 Å². The van der Waals surface area contributed by atoms with Gasteiger partial charge >= 0.3 is 5.97 Å². The van der Waals surface area contributed by atoms with Crippen LogP contribution in [0.5, 0.6) is 0 Å². The second-order valence-corrected chi connectivity index (χ2v) is 9.13. The van der Waals surface area contributed by atoms with Gasteiger partial charge in [0.1, 0.15) is 0 Å². The van der Waals surface area contributed by atoms with Crippen LogP contribution in [0.1, 0.15) is 36.5 Å². The minimum Gasteiger partial charge on any atom is -0.466 e. The molecule has 0 unspecified atom stereocenters. The minimum atomic E-state index is -0.293. The molecule has 9 heteroatoms. The van der Waals surface area contributed by atoms with Gasteiger partial charge in [0.05, 0.1) is 13.0 Å². The Balaban J connectivity index is 1.51. The number of carbonyl (C=O) groups excluding carboxylic acids is 2. The average Bonchev–Trinajstić information content (AvgIpc) is 3.62. The first kappa shape index (κ1) is 24.3. The van der Waals surface area contributed by atoms with Crippen molar-refractivity contribution in [3.8, 4) is 22.5 Å². The van der Waals surface area contributed by atoms with Crippen LogP contribution in [0.25, 0.3) is 22.5 Å². The predicted octanol–water partition coefficient (Wildman–Crippen LogP) is 3.97. The summed E-state index contributed by atoms with van der Waals surface area (Å²) < 4.78 is 5.10. The summed E-state index contributed by atoms with van der Waals surface area (Å²) in [4.78, 5) is 31.7. The molecule has 1 N–H and O–H groups in total. The summed E-state index contributed by atoms with van der Waals surface area (Å²) in [7, 11) is 0. The summed E-state index contributed by atoms with van der Waals surface area (Å²) in [5, 5.41) is 14.4. The van der Waals surface area contributed by atoms with Crippen LogP contribution in [0.4, 0.5) is 0 Å². The van der Waals surface area contributed by atoms with E-state index < -0.39 is 0 Å². The molecule has 0 aliphatic heterocycles. The third-order valence-electron chi connectivity index (χ3n) is 6.28. The van der Waals surface area contributed by atoms with Gasteiger partial charge in [-0.1, -0.05) is 42.5 Å². The number of esters is 1. The lowest BCUT2D eigenvalue weighted by molar-refractivity contribution is -0.142. The molecule has 1 aliphatic carbocycles. The number of ether oxygens (including phenoxy) is 1. The molecule has 1 aliphatic rings. The van der Waals surface area contributed by atoms with E-state index in [1.54, 1.807) is 19.3 Å². The summed E-state index contributed by atoms with van der Waals surface area (Å²) in [6.07, 6.45) is 5.45. The van der Waals surface area contributed by atoms with E-state index in [0.717, 1.165) is 46.2 Å². The number of carbonyl (C=O) groups is 2. The Labute approximate surface area is 214 Å². The van der Waals surface area contributed by atoms with Gasteiger partial charge in [0.15, 0.2) is 0 Å². The fourth-order valence-electron chi connectivity index (χ4n) is 4.35. The van der Waals surface area contributed by atoms with Crippen molar-refractivity contribution in [3.05, 3.63) is 83.7 Å². The van der Waals surface area contributed by atoms with Gasteiger partial charge in [0.2, 0.25) is 11.7 Å². The Morgan fingerprint density at radius 1 is 1.00 bits per heavy atom. The highest BCUT2D eigenvalue weighted by atomic mass is 16.5. The number of rotatable bonds is 10. The van der Waals surface area contributed by atoms with Crippen molar-refractivity contribution in [1.82, 2.24) is 30.5 Å². The first-order valence-electron chi connectivity index (χ1n) is 12.4. The fraction of sp³-hybridized carbons (Fsp3) is 0.286. The van der Waals surface area contributed by atoms with Crippen molar-refractivity contribution in [3.63, 3.8) is 0 Å². The highest BCUT2D eigenvalue weighted by Crippen LogP contribution is 2.34. The smallest absolute Gasteiger partial charge is 0.310 e. The number of hydrogen-bond acceptors (Lipinski definition) is 7. The molecule has 1 saturated carbocycles. The number of H-pyrrole nitrogens is 1. The molecular weight excluding hydrogens is 468 g/mol. The van der Waals surface area contributed by atoms with Gasteiger partial charge in [-0.2, -0.15) is 5.21 Å². The molecular formula is C28H28N6O3. The fourth-order valence-corrected chi connectivity index (χ4v) is 4.35. The van der Waals surface area contributed by atoms with Crippen LogP contribution < -0.4 is 0 Å². The Hall–Kier alpha value is -4.40. The zero-order valence-electron chi connectivity index (χ0n) is 20.6. The van der Waals surface area contributed by atoms with Gasteiger partial charge < -0.3 is 9.64 Å². The standard InChI is InChI=1S/C28H28N6O3/c1-2-37-26(35)13-20-12-23(16-29-15-20)25-11-10-22(27-30-32-33-31-27)14-24(25)18-34(28(36)21-8-9-21)17-19-6-4-3-5-7-19/h3-7,10-12,14-16,21H,2,8-9,13,17-18H2,1H3,(H,30,31,32,33). The van der Waals surface area contributed by atoms with Gasteiger partial charge in [0.25, 0.3) is 0 Å². The van der Waals surface area contributed by atoms with E-state index in [-0.39, 0.29) is 24.2 Å². The molecule has 2 aromatic heterocycles. The van der Waals surface area contributed by atoms with Crippen LogP contribution >= 0.6 is 0 Å². The van der Waals surface area contributed by atoms with E-state index in [1.165, 1.54) is 0 Å². The second-order valence-electron chi connectivity index (χ2n) is 9.13. The van der Waals surface area contributed by atoms with Gasteiger partial charge in [-0.05, 0) is 59.4 Å². The zero-order valence-corrected chi connectivity index (χ0v) is 20.6. The molecule has 188 valence electrons. The van der Waals surface area contributed by atoms with Crippen LogP contribution in [0, 0.1) is 5.92 Å². The van der Waals surface area contributed by atoms with Crippen LogP contribution in [-0.4, -0.2) is 49.0 Å². The average molecular weight is 497 g/mol. The maximum Gasteiger partial charge on any atom is 0.310 e. The number of nitrogens with one attached hydrogen (secondary N) is 1. The van der Waals surface area contributed by atoms with Crippen LogP contribution in [-0.2, 0) is 33.8 Å². The van der Waals surface area contributed by atoms with Crippen molar-refractivity contribution in [2.24, 2.45) is 5.92 Å². The quantitative estimate of drug-likeness (QED) is 0.330. The summed E-state index contributed by atoms with van der Waals surface area (Å²) >= 11 is 0. The van der Waals surface area contributed by atoms with Crippen molar-refractivity contribution in [1.29, 1.82) is 0 Å². The maximum atomic E-state index is 13.3. The van der Waals surface area contributed by atoms with Gasteiger partial charge in [-0.25, -0.2) is 0 Å². The third-order valence-corrected chi connectivity index (χ3v) is 6.28. The zero-order chi connectivity index (χ0) is 25.6. The van der Waals surface area contributed by atoms with E-state index in [1.807, 2.05) is 59.5 Å². The number of amides is 1. The second kappa shape index (κ2) is 11.1. The Morgan fingerprint density at radius 2 is 1.84 bits per heavy atom. The van der Waals surface area contributed by atoms with Gasteiger partial charge in [-0.3, -0.25) is 14.6 Å². The number of hydrogen-bond donors (Lipinski definition) is 1. The monoisotopic (exact) mass is 496 g/mol. The maximum absolute atomic E-state index is 13.3. The topological polar surface area (TPSA) is 114 Å². The highest BCUT2D eigenvalue weighted by molar-refractivity contribution is 5.82. The van der Waals surface area contributed by atoms with Gasteiger partial charge in [0, 0.05) is 42.5 Å². The van der Waals surface area contributed by atoms with Crippen molar-refractivity contribution in [2.75, 3.05) is 6.61 Å². The molecule has 0 radical (unpaired) electrons. The third kappa shape index (κ3) is 6.06. The van der Waals surface area contributed by atoms with Crippen molar-refractivity contribution < 1.29 is 14.3 Å². The van der Waals surface area contributed by atoms with Crippen molar-refractivity contribution in [2.45, 2.75) is 39.3 Å². The normalized spacial score (nSPS) is 12.8. The minimum absolute atomic E-state index is 0.0853. The van der Waals surface area contributed by atoms with Crippen LogP contribution in [0.15, 0.2) is 67.0 Å². The van der Waals surface area contributed by atoms with E-state index in [4.69, 9.17) is 4.74 Å². The molecule has 0 bridgehead atoms. The molecule has 9 nitrogen and oxygen atoms in total.